The summed E-state index contributed by atoms with van der Waals surface area (Å²) in [5, 5.41) is 3.18. The van der Waals surface area contributed by atoms with Crippen molar-refractivity contribution < 1.29 is 17.9 Å². The molecule has 0 spiro atoms. The van der Waals surface area contributed by atoms with Gasteiger partial charge < -0.3 is 15.0 Å². The van der Waals surface area contributed by atoms with Crippen molar-refractivity contribution in [2.45, 2.75) is 19.6 Å². The van der Waals surface area contributed by atoms with E-state index in [4.69, 9.17) is 4.74 Å². The number of nitrogens with zero attached hydrogens (tertiary/aromatic N) is 2. The molecule has 0 aliphatic carbocycles. The van der Waals surface area contributed by atoms with E-state index in [2.05, 4.69) is 10.2 Å². The molecule has 0 radical (unpaired) electrons. The summed E-state index contributed by atoms with van der Waals surface area (Å²) in [6, 6.07) is 12.6. The fourth-order valence-corrected chi connectivity index (χ4v) is 4.46. The summed E-state index contributed by atoms with van der Waals surface area (Å²) in [5.74, 6) is 0. The zero-order valence-electron chi connectivity index (χ0n) is 16.9. The Bertz CT molecular complexity index is 1080. The maximum absolute atomic E-state index is 12.9. The van der Waals surface area contributed by atoms with E-state index in [9.17, 15) is 18.0 Å². The molecule has 1 saturated heterocycles. The highest BCUT2D eigenvalue weighted by molar-refractivity contribution is 7.10. The van der Waals surface area contributed by atoms with Crippen LogP contribution in [0.2, 0.25) is 0 Å². The molecule has 4 rings (SSSR count). The number of hydrogen-bond acceptors (Lipinski definition) is 5. The summed E-state index contributed by atoms with van der Waals surface area (Å²) in [6.07, 6.45) is -4.40. The van der Waals surface area contributed by atoms with Gasteiger partial charge >= 0.3 is 6.18 Å². The van der Waals surface area contributed by atoms with E-state index in [0.29, 0.717) is 35.9 Å². The second-order valence-electron chi connectivity index (χ2n) is 7.14. The maximum Gasteiger partial charge on any atom is 0.416 e. The molecule has 2 heterocycles. The quantitative estimate of drug-likeness (QED) is 0.582. The average Bonchev–Trinajstić information content (AvgIpc) is 3.10. The molecule has 1 aromatic heterocycles. The molecular weight excluding hydrogens is 427 g/mol. The summed E-state index contributed by atoms with van der Waals surface area (Å²) in [6.45, 7) is 5.39. The Hall–Kier alpha value is -2.78. The zero-order valence-corrected chi connectivity index (χ0v) is 17.7. The highest BCUT2D eigenvalue weighted by Gasteiger charge is 2.30. The topological polar surface area (TPSA) is 46.5 Å². The van der Waals surface area contributed by atoms with Gasteiger partial charge in [-0.2, -0.15) is 13.2 Å². The minimum Gasteiger partial charge on any atom is -0.378 e. The molecule has 0 amide bonds. The summed E-state index contributed by atoms with van der Waals surface area (Å²) < 4.78 is 45.7. The van der Waals surface area contributed by atoms with Gasteiger partial charge in [-0.15, -0.1) is 0 Å². The number of rotatable bonds is 5. The number of anilines is 3. The van der Waals surface area contributed by atoms with Gasteiger partial charge in [-0.05, 0) is 48.9 Å². The second kappa shape index (κ2) is 8.76. The molecule has 2 aromatic carbocycles. The minimum atomic E-state index is -4.40. The Morgan fingerprint density at radius 3 is 2.26 bits per heavy atom. The van der Waals surface area contributed by atoms with Crippen molar-refractivity contribution >= 4 is 28.6 Å². The van der Waals surface area contributed by atoms with Gasteiger partial charge in [-0.25, -0.2) is 0 Å². The number of nitrogens with one attached hydrogen (secondary N) is 1. The van der Waals surface area contributed by atoms with E-state index < -0.39 is 11.7 Å². The lowest BCUT2D eigenvalue weighted by Crippen LogP contribution is -2.36. The molecule has 0 atom stereocenters. The van der Waals surface area contributed by atoms with Gasteiger partial charge in [0.25, 0.3) is 5.56 Å². The molecule has 1 N–H and O–H groups in total. The second-order valence-corrected chi connectivity index (χ2v) is 8.17. The van der Waals surface area contributed by atoms with Crippen LogP contribution in [-0.2, 0) is 17.5 Å². The van der Waals surface area contributed by atoms with Crippen molar-refractivity contribution in [2.75, 3.05) is 36.5 Å². The lowest BCUT2D eigenvalue weighted by Gasteiger charge is -2.28. The highest BCUT2D eigenvalue weighted by atomic mass is 32.1. The van der Waals surface area contributed by atoms with Gasteiger partial charge in [-0.1, -0.05) is 23.7 Å². The van der Waals surface area contributed by atoms with Crippen molar-refractivity contribution in [3.8, 4) is 10.4 Å². The van der Waals surface area contributed by atoms with Gasteiger partial charge in [-0.3, -0.25) is 8.75 Å². The van der Waals surface area contributed by atoms with Crippen molar-refractivity contribution in [3.05, 3.63) is 64.4 Å². The van der Waals surface area contributed by atoms with E-state index >= 15 is 0 Å². The smallest absolute Gasteiger partial charge is 0.378 e. The molecule has 0 unspecified atom stereocenters. The first kappa shape index (κ1) is 21.5. The number of benzene rings is 2. The van der Waals surface area contributed by atoms with Crippen LogP contribution >= 0.6 is 11.5 Å². The van der Waals surface area contributed by atoms with Gasteiger partial charge in [0.2, 0.25) is 0 Å². The highest BCUT2D eigenvalue weighted by Crippen LogP contribution is 2.35. The molecule has 0 bridgehead atoms. The van der Waals surface area contributed by atoms with Gasteiger partial charge in [0.1, 0.15) is 5.69 Å². The van der Waals surface area contributed by atoms with Crippen LogP contribution in [-0.4, -0.2) is 30.3 Å². The van der Waals surface area contributed by atoms with Crippen LogP contribution in [0.1, 0.15) is 12.5 Å². The fraction of sp³-hybridized carbons (Fsp3) is 0.318. The normalized spacial score (nSPS) is 14.6. The predicted molar refractivity (Wildman–Crippen MR) is 117 cm³/mol. The van der Waals surface area contributed by atoms with Crippen LogP contribution in [0.3, 0.4) is 0 Å². The predicted octanol–water partition coefficient (Wildman–Crippen LogP) is 5.20. The number of ether oxygens (including phenoxy) is 1. The molecule has 31 heavy (non-hydrogen) atoms. The third kappa shape index (κ3) is 4.62. The molecule has 9 heteroatoms. The Labute approximate surface area is 181 Å². The Morgan fingerprint density at radius 1 is 1.03 bits per heavy atom. The van der Waals surface area contributed by atoms with Crippen molar-refractivity contribution in [3.63, 3.8) is 0 Å². The van der Waals surface area contributed by atoms with Crippen molar-refractivity contribution in [2.24, 2.45) is 0 Å². The average molecular weight is 449 g/mol. The van der Waals surface area contributed by atoms with E-state index in [1.165, 1.54) is 23.7 Å². The van der Waals surface area contributed by atoms with Crippen molar-refractivity contribution in [1.29, 1.82) is 0 Å². The zero-order chi connectivity index (χ0) is 22.0. The standard InChI is InChI=1S/C22H22F3N3O2S/c1-2-28-21(29)19(20(31-28)15-3-5-16(6-4-15)22(23,24)25)26-17-7-9-18(10-8-17)27-11-13-30-14-12-27/h3-10,26H,2,11-14H2,1H3. The molecule has 164 valence electrons. The van der Waals surface area contributed by atoms with Crippen LogP contribution in [0.4, 0.5) is 30.2 Å². The first-order valence-corrected chi connectivity index (χ1v) is 10.8. The molecule has 1 aliphatic heterocycles. The van der Waals surface area contributed by atoms with Gasteiger partial charge in [0.05, 0.1) is 23.7 Å². The van der Waals surface area contributed by atoms with Gasteiger partial charge in [0.15, 0.2) is 0 Å². The van der Waals surface area contributed by atoms with Crippen LogP contribution in [0.25, 0.3) is 10.4 Å². The Kier molecular flexibility index (Phi) is 6.06. The van der Waals surface area contributed by atoms with E-state index in [1.807, 2.05) is 31.2 Å². The molecule has 1 aliphatic rings. The summed E-state index contributed by atoms with van der Waals surface area (Å²) in [5.41, 5.74) is 1.84. The van der Waals surface area contributed by atoms with Crippen LogP contribution in [0.5, 0.6) is 0 Å². The van der Waals surface area contributed by atoms with Crippen molar-refractivity contribution in [1.82, 2.24) is 3.96 Å². The van der Waals surface area contributed by atoms with Gasteiger partial charge in [0, 0.05) is 31.0 Å². The number of aryl methyl sites for hydroxylation is 1. The van der Waals surface area contributed by atoms with Crippen LogP contribution in [0, 0.1) is 0 Å². The number of halogens is 3. The Balaban J connectivity index is 1.62. The van der Waals surface area contributed by atoms with E-state index in [0.717, 1.165) is 36.6 Å². The van der Waals surface area contributed by atoms with Crippen LogP contribution < -0.4 is 15.8 Å². The molecule has 0 saturated carbocycles. The van der Waals surface area contributed by atoms with E-state index in [1.54, 1.807) is 3.96 Å². The third-order valence-electron chi connectivity index (χ3n) is 5.14. The molecular formula is C22H22F3N3O2S. The monoisotopic (exact) mass is 449 g/mol. The third-order valence-corrected chi connectivity index (χ3v) is 6.41. The van der Waals surface area contributed by atoms with E-state index in [-0.39, 0.29) is 5.56 Å². The number of hydrogen-bond donors (Lipinski definition) is 1. The SMILES string of the molecule is CCn1sc(-c2ccc(C(F)(F)F)cc2)c(Nc2ccc(N3CCOCC3)cc2)c1=O. The number of alkyl halides is 3. The minimum absolute atomic E-state index is 0.195. The fourth-order valence-electron chi connectivity index (χ4n) is 3.47. The van der Waals surface area contributed by atoms with Crippen LogP contribution in [0.15, 0.2) is 53.3 Å². The summed E-state index contributed by atoms with van der Waals surface area (Å²) >= 11 is 1.24. The Morgan fingerprint density at radius 2 is 1.68 bits per heavy atom. The summed E-state index contributed by atoms with van der Waals surface area (Å²) in [7, 11) is 0. The molecule has 3 aromatic rings. The number of morpholine rings is 1. The first-order valence-electron chi connectivity index (χ1n) is 9.98. The summed E-state index contributed by atoms with van der Waals surface area (Å²) in [4.78, 5) is 15.7. The lowest BCUT2D eigenvalue weighted by atomic mass is 10.1. The molecule has 1 fully saturated rings. The number of aromatic nitrogens is 1. The first-order chi connectivity index (χ1) is 14.9. The largest absolute Gasteiger partial charge is 0.416 e. The maximum atomic E-state index is 12.9. The lowest BCUT2D eigenvalue weighted by molar-refractivity contribution is -0.137. The molecule has 5 nitrogen and oxygen atoms in total.